The van der Waals surface area contributed by atoms with Crippen molar-refractivity contribution in [2.45, 2.75) is 39.8 Å². The standard InChI is InChI=1S/C18H23NO3/c1-12-7-15-14(9-17(20)22-16(15)8-13(12)2)10-19-5-6-21-18(3,4)11-19/h7-9H,5-6,10-11H2,1-4H3. The van der Waals surface area contributed by atoms with Crippen molar-refractivity contribution in [1.82, 2.24) is 4.90 Å². The number of benzene rings is 1. The summed E-state index contributed by atoms with van der Waals surface area (Å²) in [4.78, 5) is 14.2. The van der Waals surface area contributed by atoms with Gasteiger partial charge in [0.25, 0.3) is 0 Å². The summed E-state index contributed by atoms with van der Waals surface area (Å²) in [5.41, 5.74) is 3.65. The SMILES string of the molecule is Cc1cc2oc(=O)cc(CN3CCOC(C)(C)C3)c2cc1C. The Balaban J connectivity index is 1.99. The van der Waals surface area contributed by atoms with Crippen LogP contribution in [0.4, 0.5) is 0 Å². The third-order valence-electron chi connectivity index (χ3n) is 4.34. The molecular formula is C18H23NO3. The second kappa shape index (κ2) is 5.52. The van der Waals surface area contributed by atoms with Crippen LogP contribution in [0.15, 0.2) is 27.4 Å². The summed E-state index contributed by atoms with van der Waals surface area (Å²) in [5, 5.41) is 1.03. The minimum Gasteiger partial charge on any atom is -0.423 e. The number of nitrogens with zero attached hydrogens (tertiary/aromatic N) is 1. The van der Waals surface area contributed by atoms with E-state index in [4.69, 9.17) is 9.15 Å². The Kier molecular flexibility index (Phi) is 3.83. The lowest BCUT2D eigenvalue weighted by Crippen LogP contribution is -2.47. The average Bonchev–Trinajstić information content (AvgIpc) is 2.40. The monoisotopic (exact) mass is 301 g/mol. The van der Waals surface area contributed by atoms with E-state index < -0.39 is 0 Å². The maximum absolute atomic E-state index is 11.9. The van der Waals surface area contributed by atoms with Gasteiger partial charge in [-0.2, -0.15) is 0 Å². The second-order valence-corrected chi connectivity index (χ2v) is 6.84. The Labute approximate surface area is 130 Å². The number of rotatable bonds is 2. The molecule has 0 amide bonds. The normalized spacial score (nSPS) is 18.7. The van der Waals surface area contributed by atoms with Crippen LogP contribution in [0.3, 0.4) is 0 Å². The molecular weight excluding hydrogens is 278 g/mol. The zero-order chi connectivity index (χ0) is 15.9. The molecule has 1 aliphatic rings. The van der Waals surface area contributed by atoms with Crippen molar-refractivity contribution in [3.8, 4) is 0 Å². The molecule has 0 radical (unpaired) electrons. The van der Waals surface area contributed by atoms with Crippen molar-refractivity contribution in [2.75, 3.05) is 19.7 Å². The molecule has 22 heavy (non-hydrogen) atoms. The van der Waals surface area contributed by atoms with E-state index in [2.05, 4.69) is 31.7 Å². The fourth-order valence-electron chi connectivity index (χ4n) is 3.10. The van der Waals surface area contributed by atoms with E-state index in [0.717, 1.165) is 42.8 Å². The van der Waals surface area contributed by atoms with Crippen LogP contribution >= 0.6 is 0 Å². The van der Waals surface area contributed by atoms with Crippen molar-refractivity contribution in [1.29, 1.82) is 0 Å². The van der Waals surface area contributed by atoms with Gasteiger partial charge < -0.3 is 9.15 Å². The van der Waals surface area contributed by atoms with Crippen LogP contribution in [-0.2, 0) is 11.3 Å². The highest BCUT2D eigenvalue weighted by atomic mass is 16.5. The number of fused-ring (bicyclic) bond motifs is 1. The average molecular weight is 301 g/mol. The van der Waals surface area contributed by atoms with E-state index in [0.29, 0.717) is 5.58 Å². The summed E-state index contributed by atoms with van der Waals surface area (Å²) in [6.07, 6.45) is 0. The molecule has 0 unspecified atom stereocenters. The summed E-state index contributed by atoms with van der Waals surface area (Å²) in [7, 11) is 0. The molecule has 2 heterocycles. The maximum atomic E-state index is 11.9. The summed E-state index contributed by atoms with van der Waals surface area (Å²) in [5.74, 6) is 0. The van der Waals surface area contributed by atoms with Gasteiger partial charge in [0.05, 0.1) is 12.2 Å². The molecule has 1 fully saturated rings. The Morgan fingerprint density at radius 2 is 1.91 bits per heavy atom. The van der Waals surface area contributed by atoms with Crippen LogP contribution in [0.25, 0.3) is 11.0 Å². The third-order valence-corrected chi connectivity index (χ3v) is 4.34. The quantitative estimate of drug-likeness (QED) is 0.800. The number of ether oxygens (including phenoxy) is 1. The molecule has 0 atom stereocenters. The number of hydrogen-bond acceptors (Lipinski definition) is 4. The Hall–Kier alpha value is -1.65. The van der Waals surface area contributed by atoms with Crippen molar-refractivity contribution >= 4 is 11.0 Å². The van der Waals surface area contributed by atoms with Gasteiger partial charge in [-0.05, 0) is 56.5 Å². The van der Waals surface area contributed by atoms with Gasteiger partial charge in [0.2, 0.25) is 0 Å². The lowest BCUT2D eigenvalue weighted by Gasteiger charge is -2.38. The molecule has 0 N–H and O–H groups in total. The molecule has 2 aromatic rings. The van der Waals surface area contributed by atoms with E-state index in [1.54, 1.807) is 6.07 Å². The first-order valence-corrected chi connectivity index (χ1v) is 7.74. The molecule has 3 rings (SSSR count). The van der Waals surface area contributed by atoms with Crippen LogP contribution in [0.2, 0.25) is 0 Å². The lowest BCUT2D eigenvalue weighted by molar-refractivity contribution is -0.0882. The zero-order valence-electron chi connectivity index (χ0n) is 13.7. The lowest BCUT2D eigenvalue weighted by atomic mass is 10.0. The maximum Gasteiger partial charge on any atom is 0.336 e. The molecule has 0 saturated carbocycles. The molecule has 4 heteroatoms. The minimum absolute atomic E-state index is 0.139. The largest absolute Gasteiger partial charge is 0.423 e. The Morgan fingerprint density at radius 3 is 2.64 bits per heavy atom. The van der Waals surface area contributed by atoms with Gasteiger partial charge in [0, 0.05) is 31.1 Å². The smallest absolute Gasteiger partial charge is 0.336 e. The van der Waals surface area contributed by atoms with Gasteiger partial charge in [-0.3, -0.25) is 4.90 Å². The van der Waals surface area contributed by atoms with Crippen LogP contribution in [0.1, 0.15) is 30.5 Å². The fourth-order valence-corrected chi connectivity index (χ4v) is 3.10. The van der Waals surface area contributed by atoms with Crippen LogP contribution in [0.5, 0.6) is 0 Å². The summed E-state index contributed by atoms with van der Waals surface area (Å²) in [6.45, 7) is 11.5. The fraction of sp³-hybridized carbons (Fsp3) is 0.500. The minimum atomic E-state index is -0.279. The van der Waals surface area contributed by atoms with E-state index >= 15 is 0 Å². The van der Waals surface area contributed by atoms with Crippen molar-refractivity contribution in [3.63, 3.8) is 0 Å². The van der Waals surface area contributed by atoms with Gasteiger partial charge in [-0.1, -0.05) is 0 Å². The molecule has 1 aromatic heterocycles. The molecule has 4 nitrogen and oxygen atoms in total. The highest BCUT2D eigenvalue weighted by molar-refractivity contribution is 5.81. The van der Waals surface area contributed by atoms with E-state index in [1.807, 2.05) is 13.0 Å². The number of morpholine rings is 1. The van der Waals surface area contributed by atoms with E-state index in [1.165, 1.54) is 5.56 Å². The first-order valence-electron chi connectivity index (χ1n) is 7.74. The molecule has 118 valence electrons. The van der Waals surface area contributed by atoms with Gasteiger partial charge in [-0.25, -0.2) is 4.79 Å². The third kappa shape index (κ3) is 3.08. The summed E-state index contributed by atoms with van der Waals surface area (Å²) >= 11 is 0. The van der Waals surface area contributed by atoms with Gasteiger partial charge in [0.15, 0.2) is 0 Å². The van der Waals surface area contributed by atoms with E-state index in [9.17, 15) is 4.79 Å². The van der Waals surface area contributed by atoms with E-state index in [-0.39, 0.29) is 11.2 Å². The van der Waals surface area contributed by atoms with Crippen LogP contribution in [0, 0.1) is 13.8 Å². The molecule has 1 aliphatic heterocycles. The predicted octanol–water partition coefficient (Wildman–Crippen LogP) is 3.02. The highest BCUT2D eigenvalue weighted by Crippen LogP contribution is 2.24. The summed E-state index contributed by atoms with van der Waals surface area (Å²) < 4.78 is 11.1. The molecule has 0 bridgehead atoms. The van der Waals surface area contributed by atoms with Gasteiger partial charge in [0.1, 0.15) is 5.58 Å². The zero-order valence-corrected chi connectivity index (χ0v) is 13.7. The molecule has 1 saturated heterocycles. The summed E-state index contributed by atoms with van der Waals surface area (Å²) in [6, 6.07) is 5.70. The first kappa shape index (κ1) is 15.3. The van der Waals surface area contributed by atoms with Crippen molar-refractivity contribution in [3.05, 3.63) is 45.3 Å². The second-order valence-electron chi connectivity index (χ2n) is 6.84. The molecule has 0 aliphatic carbocycles. The molecule has 0 spiro atoms. The predicted molar refractivity (Wildman–Crippen MR) is 87.3 cm³/mol. The van der Waals surface area contributed by atoms with Crippen molar-refractivity contribution < 1.29 is 9.15 Å². The number of hydrogen-bond donors (Lipinski definition) is 0. The Morgan fingerprint density at radius 1 is 1.18 bits per heavy atom. The van der Waals surface area contributed by atoms with Crippen LogP contribution < -0.4 is 5.63 Å². The van der Waals surface area contributed by atoms with Crippen LogP contribution in [-0.4, -0.2) is 30.2 Å². The highest BCUT2D eigenvalue weighted by Gasteiger charge is 2.27. The number of aryl methyl sites for hydroxylation is 2. The Bertz CT molecular complexity index is 761. The van der Waals surface area contributed by atoms with Gasteiger partial charge >= 0.3 is 5.63 Å². The first-order chi connectivity index (χ1) is 10.3. The van der Waals surface area contributed by atoms with Gasteiger partial charge in [-0.15, -0.1) is 0 Å². The topological polar surface area (TPSA) is 42.7 Å². The van der Waals surface area contributed by atoms with Crippen molar-refractivity contribution in [2.24, 2.45) is 0 Å². The molecule has 1 aromatic carbocycles.